The van der Waals surface area contributed by atoms with E-state index >= 15 is 0 Å². The van der Waals surface area contributed by atoms with Gasteiger partial charge in [-0.25, -0.2) is 0 Å². The van der Waals surface area contributed by atoms with Crippen LogP contribution in [0.2, 0.25) is 0 Å². The Kier molecular flexibility index (Phi) is 8.44. The van der Waals surface area contributed by atoms with Crippen molar-refractivity contribution in [3.63, 3.8) is 0 Å². The van der Waals surface area contributed by atoms with Gasteiger partial charge in [0, 0.05) is 0 Å². The monoisotopic (exact) mass is 284 g/mol. The van der Waals surface area contributed by atoms with Gasteiger partial charge in [-0.15, -0.1) is 12.4 Å². The lowest BCUT2D eigenvalue weighted by Gasteiger charge is -2.22. The minimum atomic E-state index is 0. The number of halogens is 1. The molecule has 2 N–H and O–H groups in total. The Hall–Kier alpha value is -1.06. The summed E-state index contributed by atoms with van der Waals surface area (Å²) in [6.45, 7) is 6.80. The summed E-state index contributed by atoms with van der Waals surface area (Å²) in [5.74, 6) is 0.593. The van der Waals surface area contributed by atoms with E-state index in [-0.39, 0.29) is 24.4 Å². The molecule has 1 unspecified atom stereocenters. The first-order chi connectivity index (χ1) is 8.54. The van der Waals surface area contributed by atoms with Gasteiger partial charge in [-0.1, -0.05) is 38.1 Å². The number of hydrogen-bond donors (Lipinski definition) is 2. The summed E-state index contributed by atoms with van der Waals surface area (Å²) in [6.07, 6.45) is 0.959. The number of benzene rings is 1. The van der Waals surface area contributed by atoms with E-state index in [1.807, 2.05) is 12.1 Å². The molecule has 1 aromatic carbocycles. The molecule has 19 heavy (non-hydrogen) atoms. The molecule has 1 amide bonds. The van der Waals surface area contributed by atoms with Crippen LogP contribution in [-0.4, -0.2) is 19.5 Å². The van der Waals surface area contributed by atoms with Crippen LogP contribution in [0.15, 0.2) is 24.3 Å². The molecular weight excluding hydrogens is 260 g/mol. The van der Waals surface area contributed by atoms with Crippen LogP contribution in [0, 0.1) is 12.8 Å². The number of amides is 1. The van der Waals surface area contributed by atoms with Gasteiger partial charge in [0.1, 0.15) is 0 Å². The standard InChI is InChI=1S/C15H24N2O.ClH/c1-11(2)9-14(17-15(18)10-16-4)13-8-6-5-7-12(13)3;/h5-8,11,14,16H,9-10H2,1-4H3,(H,17,18);1H. The summed E-state index contributed by atoms with van der Waals surface area (Å²) in [6, 6.07) is 8.35. The predicted octanol–water partition coefficient (Wildman–Crippen LogP) is 2.84. The number of likely N-dealkylation sites (N-methyl/N-ethyl adjacent to an activating group) is 1. The van der Waals surface area contributed by atoms with Gasteiger partial charge in [0.2, 0.25) is 5.91 Å². The van der Waals surface area contributed by atoms with Crippen LogP contribution in [0.1, 0.15) is 37.4 Å². The van der Waals surface area contributed by atoms with E-state index in [2.05, 4.69) is 43.5 Å². The second kappa shape index (κ2) is 8.94. The van der Waals surface area contributed by atoms with Crippen molar-refractivity contribution >= 4 is 18.3 Å². The van der Waals surface area contributed by atoms with Gasteiger partial charge in [0.05, 0.1) is 12.6 Å². The summed E-state index contributed by atoms with van der Waals surface area (Å²) in [5.41, 5.74) is 2.45. The van der Waals surface area contributed by atoms with Crippen molar-refractivity contribution in [2.24, 2.45) is 5.92 Å². The van der Waals surface area contributed by atoms with Crippen LogP contribution in [-0.2, 0) is 4.79 Å². The van der Waals surface area contributed by atoms with Crippen molar-refractivity contribution in [3.05, 3.63) is 35.4 Å². The first kappa shape index (κ1) is 17.9. The Morgan fingerprint density at radius 1 is 1.26 bits per heavy atom. The molecule has 0 aliphatic rings. The lowest BCUT2D eigenvalue weighted by molar-refractivity contribution is -0.121. The van der Waals surface area contributed by atoms with Crippen molar-refractivity contribution in [1.82, 2.24) is 10.6 Å². The molecule has 1 rings (SSSR count). The fraction of sp³-hybridized carbons (Fsp3) is 0.533. The lowest BCUT2D eigenvalue weighted by atomic mass is 9.94. The van der Waals surface area contributed by atoms with E-state index < -0.39 is 0 Å². The Labute approximate surface area is 122 Å². The number of aryl methyl sites for hydroxylation is 1. The second-order valence-corrected chi connectivity index (χ2v) is 5.14. The highest BCUT2D eigenvalue weighted by Crippen LogP contribution is 2.23. The molecule has 0 radical (unpaired) electrons. The predicted molar refractivity (Wildman–Crippen MR) is 82.7 cm³/mol. The van der Waals surface area contributed by atoms with E-state index in [1.165, 1.54) is 11.1 Å². The van der Waals surface area contributed by atoms with Crippen LogP contribution in [0.5, 0.6) is 0 Å². The first-order valence-electron chi connectivity index (χ1n) is 6.54. The minimum Gasteiger partial charge on any atom is -0.348 e. The molecule has 108 valence electrons. The number of hydrogen-bond acceptors (Lipinski definition) is 2. The van der Waals surface area contributed by atoms with Gasteiger partial charge in [-0.2, -0.15) is 0 Å². The molecular formula is C15H25ClN2O. The zero-order chi connectivity index (χ0) is 13.5. The number of carbonyl (C=O) groups is 1. The Morgan fingerprint density at radius 2 is 1.89 bits per heavy atom. The van der Waals surface area contributed by atoms with E-state index in [9.17, 15) is 4.79 Å². The quantitative estimate of drug-likeness (QED) is 0.843. The summed E-state index contributed by atoms with van der Waals surface area (Å²) < 4.78 is 0. The van der Waals surface area contributed by atoms with Crippen LogP contribution < -0.4 is 10.6 Å². The van der Waals surface area contributed by atoms with Crippen LogP contribution in [0.3, 0.4) is 0 Å². The molecule has 0 heterocycles. The number of nitrogens with one attached hydrogen (secondary N) is 2. The molecule has 0 spiro atoms. The van der Waals surface area contributed by atoms with Crippen LogP contribution in [0.4, 0.5) is 0 Å². The molecule has 0 saturated heterocycles. The summed E-state index contributed by atoms with van der Waals surface area (Å²) in [4.78, 5) is 11.7. The maximum absolute atomic E-state index is 11.7. The van der Waals surface area contributed by atoms with E-state index in [0.717, 1.165) is 6.42 Å². The molecule has 0 fully saturated rings. The first-order valence-corrected chi connectivity index (χ1v) is 6.54. The van der Waals surface area contributed by atoms with Gasteiger partial charge >= 0.3 is 0 Å². The van der Waals surface area contributed by atoms with Crippen molar-refractivity contribution in [3.8, 4) is 0 Å². The average molecular weight is 285 g/mol. The summed E-state index contributed by atoms with van der Waals surface area (Å²) in [7, 11) is 1.78. The molecule has 0 saturated carbocycles. The van der Waals surface area contributed by atoms with Crippen LogP contribution in [0.25, 0.3) is 0 Å². The summed E-state index contributed by atoms with van der Waals surface area (Å²) >= 11 is 0. The van der Waals surface area contributed by atoms with Gasteiger partial charge in [0.25, 0.3) is 0 Å². The Bertz CT molecular complexity index is 393. The SMILES string of the molecule is CNCC(=O)NC(CC(C)C)c1ccccc1C.Cl. The van der Waals surface area contributed by atoms with Gasteiger partial charge in [-0.05, 0) is 37.4 Å². The third-order valence-corrected chi connectivity index (χ3v) is 2.94. The Balaban J connectivity index is 0.00000324. The summed E-state index contributed by atoms with van der Waals surface area (Å²) in [5, 5.41) is 5.99. The largest absolute Gasteiger partial charge is 0.348 e. The van der Waals surface area contributed by atoms with Crippen molar-refractivity contribution in [1.29, 1.82) is 0 Å². The number of rotatable bonds is 6. The highest BCUT2D eigenvalue weighted by molar-refractivity contribution is 5.85. The third-order valence-electron chi connectivity index (χ3n) is 2.94. The molecule has 0 aliphatic heterocycles. The highest BCUT2D eigenvalue weighted by atomic mass is 35.5. The molecule has 0 aliphatic carbocycles. The molecule has 3 nitrogen and oxygen atoms in total. The van der Waals surface area contributed by atoms with Crippen molar-refractivity contribution in [2.75, 3.05) is 13.6 Å². The maximum Gasteiger partial charge on any atom is 0.234 e. The smallest absolute Gasteiger partial charge is 0.234 e. The molecule has 0 bridgehead atoms. The van der Waals surface area contributed by atoms with Crippen molar-refractivity contribution in [2.45, 2.75) is 33.2 Å². The molecule has 4 heteroatoms. The Morgan fingerprint density at radius 3 is 2.42 bits per heavy atom. The van der Waals surface area contributed by atoms with Crippen LogP contribution >= 0.6 is 12.4 Å². The third kappa shape index (κ3) is 6.08. The van der Waals surface area contributed by atoms with E-state index in [1.54, 1.807) is 7.05 Å². The van der Waals surface area contributed by atoms with E-state index in [4.69, 9.17) is 0 Å². The fourth-order valence-corrected chi connectivity index (χ4v) is 2.12. The lowest BCUT2D eigenvalue weighted by Crippen LogP contribution is -2.35. The van der Waals surface area contributed by atoms with Gasteiger partial charge < -0.3 is 10.6 Å². The molecule has 0 aromatic heterocycles. The average Bonchev–Trinajstić information content (AvgIpc) is 2.28. The maximum atomic E-state index is 11.7. The highest BCUT2D eigenvalue weighted by Gasteiger charge is 2.17. The number of carbonyl (C=O) groups excluding carboxylic acids is 1. The second-order valence-electron chi connectivity index (χ2n) is 5.14. The minimum absolute atomic E-state index is 0. The van der Waals surface area contributed by atoms with Gasteiger partial charge in [-0.3, -0.25) is 4.79 Å². The topological polar surface area (TPSA) is 41.1 Å². The van der Waals surface area contributed by atoms with E-state index in [0.29, 0.717) is 12.5 Å². The zero-order valence-electron chi connectivity index (χ0n) is 12.2. The van der Waals surface area contributed by atoms with Gasteiger partial charge in [0.15, 0.2) is 0 Å². The normalized spacial score (nSPS) is 11.8. The molecule has 1 atom stereocenters. The van der Waals surface area contributed by atoms with Crippen molar-refractivity contribution < 1.29 is 4.79 Å². The molecule has 1 aromatic rings. The zero-order valence-corrected chi connectivity index (χ0v) is 13.0. The fourth-order valence-electron chi connectivity index (χ4n) is 2.12.